The van der Waals surface area contributed by atoms with Crippen molar-refractivity contribution in [2.45, 2.75) is 45.8 Å². The highest BCUT2D eigenvalue weighted by Gasteiger charge is 2.32. The molecule has 0 N–H and O–H groups in total. The highest BCUT2D eigenvalue weighted by molar-refractivity contribution is 4.85. The van der Waals surface area contributed by atoms with E-state index in [0.29, 0.717) is 6.10 Å². The van der Waals surface area contributed by atoms with Crippen LogP contribution >= 0.6 is 0 Å². The molecule has 1 unspecified atom stereocenters. The third-order valence-corrected chi connectivity index (χ3v) is 2.92. The van der Waals surface area contributed by atoms with Gasteiger partial charge in [-0.25, -0.2) is 0 Å². The number of morpholine rings is 1. The molecule has 0 amide bonds. The molecule has 1 saturated heterocycles. The van der Waals surface area contributed by atoms with Gasteiger partial charge in [0.25, 0.3) is 0 Å². The van der Waals surface area contributed by atoms with Crippen LogP contribution < -0.4 is 0 Å². The number of ether oxygens (including phenoxy) is 1. The predicted octanol–water partition coefficient (Wildman–Crippen LogP) is 2.14. The van der Waals surface area contributed by atoms with Gasteiger partial charge in [-0.2, -0.15) is 0 Å². The first-order chi connectivity index (χ1) is 5.92. The molecular formula is C11H23NO. The predicted molar refractivity (Wildman–Crippen MR) is 55.9 cm³/mol. The van der Waals surface area contributed by atoms with Gasteiger partial charge in [0.1, 0.15) is 0 Å². The molecule has 1 fully saturated rings. The molecule has 0 radical (unpaired) electrons. The molecule has 0 spiro atoms. The van der Waals surface area contributed by atoms with E-state index in [1.165, 1.54) is 6.42 Å². The molecule has 1 rings (SSSR count). The van der Waals surface area contributed by atoms with Gasteiger partial charge in [0.2, 0.25) is 0 Å². The molecule has 0 aromatic heterocycles. The lowest BCUT2D eigenvalue weighted by atomic mass is 9.98. The van der Waals surface area contributed by atoms with Crippen molar-refractivity contribution in [2.75, 3.05) is 20.2 Å². The highest BCUT2D eigenvalue weighted by atomic mass is 16.5. The lowest BCUT2D eigenvalue weighted by Gasteiger charge is -2.43. The maximum Gasteiger partial charge on any atom is 0.0705 e. The van der Waals surface area contributed by atoms with Gasteiger partial charge in [0, 0.05) is 12.1 Å². The highest BCUT2D eigenvalue weighted by Crippen LogP contribution is 2.22. The van der Waals surface area contributed by atoms with Crippen molar-refractivity contribution in [1.29, 1.82) is 0 Å². The molecule has 0 saturated carbocycles. The van der Waals surface area contributed by atoms with Gasteiger partial charge < -0.3 is 4.74 Å². The molecular weight excluding hydrogens is 162 g/mol. The maximum atomic E-state index is 5.83. The second-order valence-electron chi connectivity index (χ2n) is 5.26. The number of hydrogen-bond donors (Lipinski definition) is 0. The van der Waals surface area contributed by atoms with Crippen LogP contribution in [0.4, 0.5) is 0 Å². The van der Waals surface area contributed by atoms with Gasteiger partial charge in [0.15, 0.2) is 0 Å². The van der Waals surface area contributed by atoms with E-state index in [1.54, 1.807) is 0 Å². The van der Waals surface area contributed by atoms with Crippen molar-refractivity contribution in [3.8, 4) is 0 Å². The van der Waals surface area contributed by atoms with Gasteiger partial charge in [-0.05, 0) is 33.2 Å². The van der Waals surface area contributed by atoms with E-state index < -0.39 is 0 Å². The quantitative estimate of drug-likeness (QED) is 0.653. The number of hydrogen-bond acceptors (Lipinski definition) is 2. The summed E-state index contributed by atoms with van der Waals surface area (Å²) >= 11 is 0. The Balaban J connectivity index is 2.42. The minimum absolute atomic E-state index is 0.216. The fourth-order valence-electron chi connectivity index (χ4n) is 1.71. The molecule has 2 heteroatoms. The van der Waals surface area contributed by atoms with E-state index in [9.17, 15) is 0 Å². The first kappa shape index (κ1) is 11.0. The van der Waals surface area contributed by atoms with E-state index in [1.807, 2.05) is 0 Å². The van der Waals surface area contributed by atoms with E-state index in [2.05, 4.69) is 39.6 Å². The summed E-state index contributed by atoms with van der Waals surface area (Å²) in [6.07, 6.45) is 1.62. The molecule has 2 nitrogen and oxygen atoms in total. The van der Waals surface area contributed by atoms with Crippen LogP contribution in [0.3, 0.4) is 0 Å². The summed E-state index contributed by atoms with van der Waals surface area (Å²) in [6.45, 7) is 10.9. The molecule has 1 aliphatic rings. The zero-order chi connectivity index (χ0) is 10.1. The van der Waals surface area contributed by atoms with Crippen LogP contribution in [0.1, 0.15) is 34.1 Å². The molecule has 0 aromatic rings. The van der Waals surface area contributed by atoms with Crippen LogP contribution in [0.15, 0.2) is 0 Å². The Morgan fingerprint density at radius 3 is 2.54 bits per heavy atom. The van der Waals surface area contributed by atoms with E-state index in [4.69, 9.17) is 4.74 Å². The van der Waals surface area contributed by atoms with Crippen molar-refractivity contribution in [3.63, 3.8) is 0 Å². The average molecular weight is 185 g/mol. The van der Waals surface area contributed by atoms with Crippen LogP contribution in [0.2, 0.25) is 0 Å². The van der Waals surface area contributed by atoms with Crippen molar-refractivity contribution < 1.29 is 4.74 Å². The molecule has 0 aromatic carbocycles. The second kappa shape index (κ2) is 3.97. The minimum Gasteiger partial charge on any atom is -0.375 e. The fourth-order valence-corrected chi connectivity index (χ4v) is 1.71. The summed E-state index contributed by atoms with van der Waals surface area (Å²) in [6, 6.07) is 0. The third-order valence-electron chi connectivity index (χ3n) is 2.92. The van der Waals surface area contributed by atoms with Gasteiger partial charge in [0.05, 0.1) is 12.7 Å². The Bertz CT molecular complexity index is 165. The average Bonchev–Trinajstić information content (AvgIpc) is 1.97. The monoisotopic (exact) mass is 185 g/mol. The first-order valence-corrected chi connectivity index (χ1v) is 5.24. The maximum absolute atomic E-state index is 5.83. The van der Waals surface area contributed by atoms with Gasteiger partial charge >= 0.3 is 0 Å². The largest absolute Gasteiger partial charge is 0.375 e. The summed E-state index contributed by atoms with van der Waals surface area (Å²) in [5, 5.41) is 0. The standard InChI is InChI=1S/C11H23NO/c1-9(2)6-10-7-12(5)11(3,4)8-13-10/h9-10H,6-8H2,1-5H3. The van der Waals surface area contributed by atoms with E-state index >= 15 is 0 Å². The normalized spacial score (nSPS) is 29.5. The summed E-state index contributed by atoms with van der Waals surface area (Å²) < 4.78 is 5.83. The molecule has 1 heterocycles. The molecule has 1 atom stereocenters. The molecule has 78 valence electrons. The molecule has 1 aliphatic heterocycles. The van der Waals surface area contributed by atoms with E-state index in [-0.39, 0.29) is 5.54 Å². The van der Waals surface area contributed by atoms with Gasteiger partial charge in [-0.3, -0.25) is 4.90 Å². The molecule has 13 heavy (non-hydrogen) atoms. The van der Waals surface area contributed by atoms with Crippen LogP contribution in [-0.2, 0) is 4.74 Å². The second-order valence-corrected chi connectivity index (χ2v) is 5.26. The molecule has 0 bridgehead atoms. The van der Waals surface area contributed by atoms with Crippen molar-refractivity contribution >= 4 is 0 Å². The zero-order valence-corrected chi connectivity index (χ0v) is 9.63. The summed E-state index contributed by atoms with van der Waals surface area (Å²) in [5.41, 5.74) is 0.216. The summed E-state index contributed by atoms with van der Waals surface area (Å²) in [5.74, 6) is 0.736. The smallest absolute Gasteiger partial charge is 0.0705 e. The van der Waals surface area contributed by atoms with Crippen LogP contribution in [-0.4, -0.2) is 36.7 Å². The Hall–Kier alpha value is -0.0800. The topological polar surface area (TPSA) is 12.5 Å². The first-order valence-electron chi connectivity index (χ1n) is 5.24. The Kier molecular flexibility index (Phi) is 3.36. The third kappa shape index (κ3) is 2.96. The zero-order valence-electron chi connectivity index (χ0n) is 9.63. The lowest BCUT2D eigenvalue weighted by molar-refractivity contribution is -0.0937. The van der Waals surface area contributed by atoms with Crippen LogP contribution in [0.5, 0.6) is 0 Å². The Labute approximate surface area is 82.3 Å². The summed E-state index contributed by atoms with van der Waals surface area (Å²) in [7, 11) is 2.19. The van der Waals surface area contributed by atoms with Crippen LogP contribution in [0, 0.1) is 5.92 Å². The van der Waals surface area contributed by atoms with Crippen LogP contribution in [0.25, 0.3) is 0 Å². The number of nitrogens with zero attached hydrogens (tertiary/aromatic N) is 1. The van der Waals surface area contributed by atoms with Gasteiger partial charge in [-0.15, -0.1) is 0 Å². The SMILES string of the molecule is CC(C)CC1CN(C)C(C)(C)CO1. The molecule has 0 aliphatic carbocycles. The summed E-state index contributed by atoms with van der Waals surface area (Å²) in [4.78, 5) is 2.41. The van der Waals surface area contributed by atoms with Crippen molar-refractivity contribution in [3.05, 3.63) is 0 Å². The van der Waals surface area contributed by atoms with Crippen molar-refractivity contribution in [2.24, 2.45) is 5.92 Å². The van der Waals surface area contributed by atoms with Gasteiger partial charge in [-0.1, -0.05) is 13.8 Å². The van der Waals surface area contributed by atoms with E-state index in [0.717, 1.165) is 19.1 Å². The van der Waals surface area contributed by atoms with Crippen molar-refractivity contribution in [1.82, 2.24) is 4.90 Å². The fraction of sp³-hybridized carbons (Fsp3) is 1.00. The number of rotatable bonds is 2. The minimum atomic E-state index is 0.216. The Morgan fingerprint density at radius 1 is 1.46 bits per heavy atom. The Morgan fingerprint density at radius 2 is 2.08 bits per heavy atom. The lowest BCUT2D eigenvalue weighted by Crippen LogP contribution is -2.54. The number of likely N-dealkylation sites (N-methyl/N-ethyl adjacent to an activating group) is 1.